The highest BCUT2D eigenvalue weighted by molar-refractivity contribution is 4.97. The molecule has 0 aromatic carbocycles. The lowest BCUT2D eigenvalue weighted by molar-refractivity contribution is -0.0697. The van der Waals surface area contributed by atoms with Crippen LogP contribution in [0.1, 0.15) is 47.0 Å². The number of aliphatic hydroxyl groups excluding tert-OH is 1. The van der Waals surface area contributed by atoms with E-state index in [4.69, 9.17) is 10.5 Å². The van der Waals surface area contributed by atoms with Gasteiger partial charge in [-0.25, -0.2) is 0 Å². The molecule has 17 heavy (non-hydrogen) atoms. The summed E-state index contributed by atoms with van der Waals surface area (Å²) in [5.41, 5.74) is 5.92. The van der Waals surface area contributed by atoms with Gasteiger partial charge in [-0.05, 0) is 47.0 Å². The van der Waals surface area contributed by atoms with E-state index in [-0.39, 0.29) is 29.9 Å². The third-order valence-electron chi connectivity index (χ3n) is 3.46. The molecular weight excluding hydrogens is 216 g/mol. The van der Waals surface area contributed by atoms with E-state index in [1.54, 1.807) is 0 Å². The minimum atomic E-state index is -0.276. The first kappa shape index (κ1) is 14.9. The minimum absolute atomic E-state index is 0.0363. The Hall–Kier alpha value is -0.160. The number of nitrogens with two attached hydrogens (primary N) is 1. The number of ether oxygens (including phenoxy) is 1. The molecule has 1 rings (SSSR count). The molecule has 1 fully saturated rings. The first-order valence-electron chi connectivity index (χ1n) is 6.68. The zero-order valence-electron chi connectivity index (χ0n) is 11.6. The summed E-state index contributed by atoms with van der Waals surface area (Å²) in [5.74, 6) is 0. The van der Waals surface area contributed by atoms with E-state index in [0.717, 1.165) is 19.3 Å². The summed E-state index contributed by atoms with van der Waals surface area (Å²) in [5, 5.41) is 13.0. The lowest BCUT2D eigenvalue weighted by Crippen LogP contribution is -2.60. The lowest BCUT2D eigenvalue weighted by Gasteiger charge is -2.44. The maximum absolute atomic E-state index is 9.42. The topological polar surface area (TPSA) is 67.5 Å². The van der Waals surface area contributed by atoms with Crippen LogP contribution in [0.5, 0.6) is 0 Å². The molecule has 102 valence electrons. The number of rotatable bonds is 5. The Morgan fingerprint density at radius 3 is 2.29 bits per heavy atom. The first-order chi connectivity index (χ1) is 7.87. The average Bonchev–Trinajstić information content (AvgIpc) is 2.14. The van der Waals surface area contributed by atoms with Gasteiger partial charge in [0.25, 0.3) is 0 Å². The highest BCUT2D eigenvalue weighted by atomic mass is 16.5. The van der Waals surface area contributed by atoms with Crippen LogP contribution in [0.3, 0.4) is 0 Å². The van der Waals surface area contributed by atoms with Crippen molar-refractivity contribution in [2.45, 2.75) is 76.9 Å². The number of aliphatic hydroxyl groups is 1. The van der Waals surface area contributed by atoms with Crippen molar-refractivity contribution in [2.75, 3.05) is 6.54 Å². The molecule has 0 spiro atoms. The molecule has 0 bridgehead atoms. The van der Waals surface area contributed by atoms with Crippen LogP contribution >= 0.6 is 0 Å². The number of nitrogens with one attached hydrogen (secondary N) is 1. The van der Waals surface area contributed by atoms with Gasteiger partial charge in [0, 0.05) is 18.1 Å². The van der Waals surface area contributed by atoms with Crippen LogP contribution < -0.4 is 11.1 Å². The molecule has 1 saturated heterocycles. The van der Waals surface area contributed by atoms with Crippen LogP contribution in [-0.2, 0) is 4.74 Å². The van der Waals surface area contributed by atoms with Crippen LogP contribution in [0.4, 0.5) is 0 Å². The largest absolute Gasteiger partial charge is 0.393 e. The van der Waals surface area contributed by atoms with E-state index >= 15 is 0 Å². The molecule has 0 aliphatic carbocycles. The molecule has 4 unspecified atom stereocenters. The van der Waals surface area contributed by atoms with Crippen molar-refractivity contribution in [3.63, 3.8) is 0 Å². The first-order valence-corrected chi connectivity index (χ1v) is 6.68. The molecule has 0 saturated carbocycles. The Morgan fingerprint density at radius 1 is 1.35 bits per heavy atom. The Kier molecular flexibility index (Phi) is 5.38. The summed E-state index contributed by atoms with van der Waals surface area (Å²) in [7, 11) is 0. The molecule has 4 N–H and O–H groups in total. The van der Waals surface area contributed by atoms with E-state index in [1.807, 2.05) is 6.92 Å². The van der Waals surface area contributed by atoms with Crippen LogP contribution in [0.25, 0.3) is 0 Å². The third-order valence-corrected chi connectivity index (χ3v) is 3.46. The molecule has 0 amide bonds. The fourth-order valence-corrected chi connectivity index (χ4v) is 3.11. The second kappa shape index (κ2) is 6.14. The van der Waals surface area contributed by atoms with Crippen molar-refractivity contribution >= 4 is 0 Å². The second-order valence-electron chi connectivity index (χ2n) is 5.78. The van der Waals surface area contributed by atoms with E-state index < -0.39 is 0 Å². The van der Waals surface area contributed by atoms with Crippen LogP contribution in [0, 0.1) is 0 Å². The molecule has 1 aliphatic heterocycles. The lowest BCUT2D eigenvalue weighted by atomic mass is 9.83. The second-order valence-corrected chi connectivity index (χ2v) is 5.78. The van der Waals surface area contributed by atoms with Crippen molar-refractivity contribution in [1.82, 2.24) is 5.32 Å². The molecule has 1 aliphatic rings. The molecule has 0 aromatic heterocycles. The Bertz CT molecular complexity index is 223. The van der Waals surface area contributed by atoms with Gasteiger partial charge in [-0.3, -0.25) is 0 Å². The minimum Gasteiger partial charge on any atom is -0.393 e. The standard InChI is InChI=1S/C13H28N2O2/c1-9(5-10(2)16)15-13(8-14)6-11(3)17-12(4)7-13/h9-12,15-16H,5-8,14H2,1-4H3. The summed E-state index contributed by atoms with van der Waals surface area (Å²) in [4.78, 5) is 0. The molecule has 4 heteroatoms. The van der Waals surface area contributed by atoms with Crippen LogP contribution in [0.15, 0.2) is 0 Å². The molecule has 0 aromatic rings. The zero-order chi connectivity index (χ0) is 13.1. The normalized spacial score (nSPS) is 37.8. The van der Waals surface area contributed by atoms with Gasteiger partial charge in [0.15, 0.2) is 0 Å². The third kappa shape index (κ3) is 4.54. The van der Waals surface area contributed by atoms with Crippen molar-refractivity contribution in [3.05, 3.63) is 0 Å². The van der Waals surface area contributed by atoms with E-state index in [9.17, 15) is 5.11 Å². The van der Waals surface area contributed by atoms with Crippen molar-refractivity contribution in [2.24, 2.45) is 5.73 Å². The Balaban J connectivity index is 2.61. The Labute approximate surface area is 105 Å². The molecule has 1 heterocycles. The van der Waals surface area contributed by atoms with Gasteiger partial charge in [-0.15, -0.1) is 0 Å². The molecule has 4 nitrogen and oxygen atoms in total. The maximum Gasteiger partial charge on any atom is 0.0568 e. The summed E-state index contributed by atoms with van der Waals surface area (Å²) in [6.45, 7) is 8.74. The van der Waals surface area contributed by atoms with Crippen molar-refractivity contribution in [1.29, 1.82) is 0 Å². The quantitative estimate of drug-likeness (QED) is 0.675. The predicted octanol–water partition coefficient (Wildman–Crippen LogP) is 1.02. The molecular formula is C13H28N2O2. The van der Waals surface area contributed by atoms with Gasteiger partial charge in [0.05, 0.1) is 18.3 Å². The highest BCUT2D eigenvalue weighted by Gasteiger charge is 2.38. The predicted molar refractivity (Wildman–Crippen MR) is 69.9 cm³/mol. The monoisotopic (exact) mass is 244 g/mol. The van der Waals surface area contributed by atoms with Gasteiger partial charge in [0.2, 0.25) is 0 Å². The highest BCUT2D eigenvalue weighted by Crippen LogP contribution is 2.28. The smallest absolute Gasteiger partial charge is 0.0568 e. The summed E-state index contributed by atoms with van der Waals surface area (Å²) < 4.78 is 5.76. The number of hydrogen-bond donors (Lipinski definition) is 3. The molecule has 4 atom stereocenters. The number of hydrogen-bond acceptors (Lipinski definition) is 4. The van der Waals surface area contributed by atoms with E-state index in [2.05, 4.69) is 26.1 Å². The zero-order valence-corrected chi connectivity index (χ0v) is 11.6. The summed E-state index contributed by atoms with van der Waals surface area (Å²) >= 11 is 0. The van der Waals surface area contributed by atoms with Gasteiger partial charge >= 0.3 is 0 Å². The van der Waals surface area contributed by atoms with Crippen LogP contribution in [0.2, 0.25) is 0 Å². The summed E-state index contributed by atoms with van der Waals surface area (Å²) in [6.07, 6.45) is 2.85. The van der Waals surface area contributed by atoms with E-state index in [1.165, 1.54) is 0 Å². The van der Waals surface area contributed by atoms with Gasteiger partial charge in [0.1, 0.15) is 0 Å². The van der Waals surface area contributed by atoms with Crippen molar-refractivity contribution < 1.29 is 9.84 Å². The van der Waals surface area contributed by atoms with Gasteiger partial charge in [-0.1, -0.05) is 0 Å². The van der Waals surface area contributed by atoms with Crippen molar-refractivity contribution in [3.8, 4) is 0 Å². The fourth-order valence-electron chi connectivity index (χ4n) is 3.11. The average molecular weight is 244 g/mol. The summed E-state index contributed by atoms with van der Waals surface area (Å²) in [6, 6.07) is 0.274. The van der Waals surface area contributed by atoms with Crippen LogP contribution in [-0.4, -0.2) is 41.5 Å². The molecule has 0 radical (unpaired) electrons. The Morgan fingerprint density at radius 2 is 1.88 bits per heavy atom. The maximum atomic E-state index is 9.42. The van der Waals surface area contributed by atoms with Gasteiger partial charge in [-0.2, -0.15) is 0 Å². The SMILES string of the molecule is CC(O)CC(C)NC1(CN)CC(C)OC(C)C1. The van der Waals surface area contributed by atoms with E-state index in [0.29, 0.717) is 6.54 Å². The van der Waals surface area contributed by atoms with Gasteiger partial charge < -0.3 is 20.9 Å². The fraction of sp³-hybridized carbons (Fsp3) is 1.00.